The first-order chi connectivity index (χ1) is 7.41. The number of hydrogen-bond donors (Lipinski definition) is 1. The lowest BCUT2D eigenvalue weighted by Gasteiger charge is -2.05. The number of aryl methyl sites for hydroxylation is 1. The van der Waals surface area contributed by atoms with E-state index in [9.17, 15) is 4.79 Å². The van der Waals surface area contributed by atoms with Crippen molar-refractivity contribution >= 4 is 23.6 Å². The zero-order chi connectivity index (χ0) is 12.3. The zero-order valence-corrected chi connectivity index (χ0v) is 10.3. The molecule has 0 saturated heterocycles. The Kier molecular flexibility index (Phi) is 4.12. The van der Waals surface area contributed by atoms with Gasteiger partial charge < -0.3 is 5.11 Å². The number of hydrogen-bond acceptors (Lipinski definition) is 2. The SMILES string of the molecule is Cc1nn(CC(C)C)c(Cl)c1/C=C/C(=O)O. The van der Waals surface area contributed by atoms with Gasteiger partial charge in [0.25, 0.3) is 0 Å². The average Bonchev–Trinajstić information content (AvgIpc) is 2.39. The Morgan fingerprint density at radius 3 is 2.75 bits per heavy atom. The third-order valence-electron chi connectivity index (χ3n) is 2.04. The standard InChI is InChI=1S/C11H15ClN2O2/c1-7(2)6-14-11(12)9(8(3)13-14)4-5-10(15)16/h4-5,7H,6H2,1-3H3,(H,15,16)/b5-4+. The molecular formula is C11H15ClN2O2. The highest BCUT2D eigenvalue weighted by atomic mass is 35.5. The summed E-state index contributed by atoms with van der Waals surface area (Å²) in [6.45, 7) is 6.67. The molecule has 4 nitrogen and oxygen atoms in total. The van der Waals surface area contributed by atoms with Gasteiger partial charge in [0, 0.05) is 18.2 Å². The molecule has 16 heavy (non-hydrogen) atoms. The molecular weight excluding hydrogens is 228 g/mol. The van der Waals surface area contributed by atoms with Crippen LogP contribution in [0.2, 0.25) is 5.15 Å². The van der Waals surface area contributed by atoms with E-state index in [2.05, 4.69) is 18.9 Å². The number of rotatable bonds is 4. The van der Waals surface area contributed by atoms with Crippen molar-refractivity contribution in [2.75, 3.05) is 0 Å². The van der Waals surface area contributed by atoms with Crippen molar-refractivity contribution in [2.45, 2.75) is 27.3 Å². The lowest BCUT2D eigenvalue weighted by atomic mass is 10.2. The van der Waals surface area contributed by atoms with Crippen molar-refractivity contribution < 1.29 is 9.90 Å². The van der Waals surface area contributed by atoms with Gasteiger partial charge in [-0.2, -0.15) is 5.10 Å². The predicted octanol–water partition coefficient (Wildman–Crippen LogP) is 2.60. The van der Waals surface area contributed by atoms with Crippen molar-refractivity contribution in [1.82, 2.24) is 9.78 Å². The van der Waals surface area contributed by atoms with E-state index in [-0.39, 0.29) is 0 Å². The largest absolute Gasteiger partial charge is 0.478 e. The van der Waals surface area contributed by atoms with Crippen LogP contribution in [0.4, 0.5) is 0 Å². The number of carboxylic acid groups (broad SMARTS) is 1. The summed E-state index contributed by atoms with van der Waals surface area (Å²) in [4.78, 5) is 10.4. The normalized spacial score (nSPS) is 11.6. The van der Waals surface area contributed by atoms with Gasteiger partial charge in [0.1, 0.15) is 5.15 Å². The molecule has 0 fully saturated rings. The van der Waals surface area contributed by atoms with E-state index in [0.717, 1.165) is 18.3 Å². The maximum absolute atomic E-state index is 10.4. The van der Waals surface area contributed by atoms with Gasteiger partial charge in [-0.1, -0.05) is 25.4 Å². The van der Waals surface area contributed by atoms with E-state index in [0.29, 0.717) is 16.6 Å². The van der Waals surface area contributed by atoms with Crippen LogP contribution >= 0.6 is 11.6 Å². The molecule has 0 aliphatic heterocycles. The maximum atomic E-state index is 10.4. The van der Waals surface area contributed by atoms with Gasteiger partial charge in [-0.05, 0) is 18.9 Å². The van der Waals surface area contributed by atoms with E-state index >= 15 is 0 Å². The van der Waals surface area contributed by atoms with Crippen molar-refractivity contribution in [1.29, 1.82) is 0 Å². The molecule has 1 aromatic heterocycles. The van der Waals surface area contributed by atoms with Crippen LogP contribution in [0, 0.1) is 12.8 Å². The van der Waals surface area contributed by atoms with Crippen molar-refractivity contribution in [3.05, 3.63) is 22.5 Å². The fourth-order valence-corrected chi connectivity index (χ4v) is 1.68. The quantitative estimate of drug-likeness (QED) is 0.826. The van der Waals surface area contributed by atoms with E-state index in [1.807, 2.05) is 6.92 Å². The maximum Gasteiger partial charge on any atom is 0.328 e. The second kappa shape index (κ2) is 5.16. The average molecular weight is 243 g/mol. The molecule has 0 atom stereocenters. The summed E-state index contributed by atoms with van der Waals surface area (Å²) < 4.78 is 1.70. The first-order valence-electron chi connectivity index (χ1n) is 5.05. The third-order valence-corrected chi connectivity index (χ3v) is 2.44. The summed E-state index contributed by atoms with van der Waals surface area (Å²) in [6, 6.07) is 0. The fourth-order valence-electron chi connectivity index (χ4n) is 1.38. The molecule has 5 heteroatoms. The Labute approximate surface area is 99.5 Å². The number of nitrogens with zero attached hydrogens (tertiary/aromatic N) is 2. The van der Waals surface area contributed by atoms with Gasteiger partial charge in [-0.25, -0.2) is 4.79 Å². The molecule has 0 amide bonds. The van der Waals surface area contributed by atoms with Gasteiger partial charge in [-0.3, -0.25) is 4.68 Å². The number of carbonyl (C=O) groups is 1. The first-order valence-corrected chi connectivity index (χ1v) is 5.43. The highest BCUT2D eigenvalue weighted by molar-refractivity contribution is 6.31. The molecule has 0 saturated carbocycles. The van der Waals surface area contributed by atoms with E-state index in [4.69, 9.17) is 16.7 Å². The summed E-state index contributed by atoms with van der Waals surface area (Å²) in [5.74, 6) is -0.555. The van der Waals surface area contributed by atoms with E-state index in [1.54, 1.807) is 4.68 Å². The Bertz CT molecular complexity index is 422. The molecule has 1 rings (SSSR count). The lowest BCUT2D eigenvalue weighted by Crippen LogP contribution is -2.06. The molecule has 88 valence electrons. The van der Waals surface area contributed by atoms with Crippen LogP contribution < -0.4 is 0 Å². The minimum atomic E-state index is -0.993. The molecule has 0 radical (unpaired) electrons. The summed E-state index contributed by atoms with van der Waals surface area (Å²) in [5.41, 5.74) is 1.41. The molecule has 0 aliphatic rings. The Hall–Kier alpha value is -1.29. The van der Waals surface area contributed by atoms with Crippen molar-refractivity contribution in [2.24, 2.45) is 5.92 Å². The van der Waals surface area contributed by atoms with Gasteiger partial charge in [0.2, 0.25) is 0 Å². The molecule has 0 aromatic carbocycles. The molecule has 0 spiro atoms. The second-order valence-corrected chi connectivity index (χ2v) is 4.40. The fraction of sp³-hybridized carbons (Fsp3) is 0.455. The summed E-state index contributed by atoms with van der Waals surface area (Å²) >= 11 is 6.11. The Balaban J connectivity index is 3.02. The number of aliphatic carboxylic acids is 1. The zero-order valence-electron chi connectivity index (χ0n) is 9.57. The second-order valence-electron chi connectivity index (χ2n) is 4.04. The number of aromatic nitrogens is 2. The van der Waals surface area contributed by atoms with Crippen molar-refractivity contribution in [3.63, 3.8) is 0 Å². The molecule has 1 heterocycles. The monoisotopic (exact) mass is 242 g/mol. The van der Waals surface area contributed by atoms with Crippen LogP contribution in [-0.4, -0.2) is 20.9 Å². The van der Waals surface area contributed by atoms with Crippen LogP contribution in [0.5, 0.6) is 0 Å². The molecule has 0 unspecified atom stereocenters. The van der Waals surface area contributed by atoms with E-state index in [1.165, 1.54) is 6.08 Å². The highest BCUT2D eigenvalue weighted by Crippen LogP contribution is 2.22. The smallest absolute Gasteiger partial charge is 0.328 e. The summed E-state index contributed by atoms with van der Waals surface area (Å²) in [5, 5.41) is 13.3. The van der Waals surface area contributed by atoms with Gasteiger partial charge in [0.15, 0.2) is 0 Å². The van der Waals surface area contributed by atoms with Crippen LogP contribution in [0.3, 0.4) is 0 Å². The molecule has 0 bridgehead atoms. The van der Waals surface area contributed by atoms with Crippen LogP contribution in [-0.2, 0) is 11.3 Å². The minimum Gasteiger partial charge on any atom is -0.478 e. The van der Waals surface area contributed by atoms with Crippen molar-refractivity contribution in [3.8, 4) is 0 Å². The van der Waals surface area contributed by atoms with Gasteiger partial charge >= 0.3 is 5.97 Å². The molecule has 1 aromatic rings. The highest BCUT2D eigenvalue weighted by Gasteiger charge is 2.11. The third kappa shape index (κ3) is 3.10. The van der Waals surface area contributed by atoms with Crippen LogP contribution in [0.1, 0.15) is 25.1 Å². The summed E-state index contributed by atoms with van der Waals surface area (Å²) in [6.07, 6.45) is 2.54. The lowest BCUT2D eigenvalue weighted by molar-refractivity contribution is -0.131. The van der Waals surface area contributed by atoms with Crippen LogP contribution in [0.25, 0.3) is 6.08 Å². The topological polar surface area (TPSA) is 55.1 Å². The van der Waals surface area contributed by atoms with E-state index < -0.39 is 5.97 Å². The van der Waals surface area contributed by atoms with Gasteiger partial charge in [-0.15, -0.1) is 0 Å². The number of carboxylic acids is 1. The van der Waals surface area contributed by atoms with Crippen LogP contribution in [0.15, 0.2) is 6.08 Å². The first kappa shape index (κ1) is 12.8. The molecule has 0 aliphatic carbocycles. The summed E-state index contributed by atoms with van der Waals surface area (Å²) in [7, 11) is 0. The Morgan fingerprint density at radius 1 is 1.62 bits per heavy atom. The predicted molar refractivity (Wildman–Crippen MR) is 63.5 cm³/mol. The van der Waals surface area contributed by atoms with Gasteiger partial charge in [0.05, 0.1) is 5.69 Å². The molecule has 1 N–H and O–H groups in total. The minimum absolute atomic E-state index is 0.438. The number of halogens is 1. The Morgan fingerprint density at radius 2 is 2.25 bits per heavy atom.